The first kappa shape index (κ1) is 30.0. The van der Waals surface area contributed by atoms with Crippen LogP contribution in [0.5, 0.6) is 0 Å². The molecule has 0 aliphatic rings. The van der Waals surface area contributed by atoms with Gasteiger partial charge in [-0.1, -0.05) is 44.2 Å². The van der Waals surface area contributed by atoms with Crippen molar-refractivity contribution in [3.8, 4) is 0 Å². The van der Waals surface area contributed by atoms with Crippen LogP contribution in [-0.2, 0) is 35.2 Å². The lowest BCUT2D eigenvalue weighted by molar-refractivity contribution is -0.143. The Kier molecular flexibility index (Phi) is 12.0. The standard InChI is InChI=1S/C23H33N5O8/c1-12(2)19(25)22(34)27-15(11-18(30)31)21(33)26-14(8-9-17(24)29)20(32)28-16(23(35)36)10-13-6-4-3-5-7-13/h3-7,12,14-16,19H,8-11,25H2,1-2H3,(H2,24,29)(H,26,33)(H,27,34)(H,28,32)(H,30,31)(H,35,36). The van der Waals surface area contributed by atoms with E-state index in [1.165, 1.54) is 0 Å². The van der Waals surface area contributed by atoms with Gasteiger partial charge in [0.05, 0.1) is 12.5 Å². The van der Waals surface area contributed by atoms with Crippen LogP contribution in [0.15, 0.2) is 30.3 Å². The van der Waals surface area contributed by atoms with Crippen molar-refractivity contribution in [3.05, 3.63) is 35.9 Å². The molecule has 0 aliphatic heterocycles. The Labute approximate surface area is 208 Å². The minimum absolute atomic E-state index is 0.0524. The molecule has 1 aromatic rings. The van der Waals surface area contributed by atoms with Crippen molar-refractivity contribution in [1.82, 2.24) is 16.0 Å². The fourth-order valence-electron chi connectivity index (χ4n) is 3.10. The molecule has 0 aliphatic carbocycles. The van der Waals surface area contributed by atoms with Crippen molar-refractivity contribution < 1.29 is 39.0 Å². The van der Waals surface area contributed by atoms with Crippen molar-refractivity contribution in [2.45, 2.75) is 63.7 Å². The van der Waals surface area contributed by atoms with Crippen LogP contribution in [0.25, 0.3) is 0 Å². The molecule has 1 rings (SSSR count). The van der Waals surface area contributed by atoms with E-state index in [4.69, 9.17) is 16.6 Å². The highest BCUT2D eigenvalue weighted by Gasteiger charge is 2.32. The summed E-state index contributed by atoms with van der Waals surface area (Å²) in [5, 5.41) is 25.6. The molecule has 9 N–H and O–H groups in total. The SMILES string of the molecule is CC(C)C(N)C(=O)NC(CC(=O)O)C(=O)NC(CCC(N)=O)C(=O)NC(Cc1ccccc1)C(=O)O. The highest BCUT2D eigenvalue weighted by atomic mass is 16.4. The van der Waals surface area contributed by atoms with Crippen LogP contribution in [0, 0.1) is 5.92 Å². The predicted molar refractivity (Wildman–Crippen MR) is 127 cm³/mol. The van der Waals surface area contributed by atoms with Gasteiger partial charge in [-0.15, -0.1) is 0 Å². The average Bonchev–Trinajstić information content (AvgIpc) is 2.80. The molecule has 4 unspecified atom stereocenters. The molecule has 36 heavy (non-hydrogen) atoms. The lowest BCUT2D eigenvalue weighted by Crippen LogP contribution is -2.58. The molecule has 4 atom stereocenters. The Morgan fingerprint density at radius 2 is 1.36 bits per heavy atom. The van der Waals surface area contributed by atoms with E-state index in [1.54, 1.807) is 44.2 Å². The van der Waals surface area contributed by atoms with Crippen LogP contribution in [-0.4, -0.2) is 69.9 Å². The Balaban J connectivity index is 3.05. The van der Waals surface area contributed by atoms with E-state index in [2.05, 4.69) is 16.0 Å². The zero-order valence-electron chi connectivity index (χ0n) is 20.1. The summed E-state index contributed by atoms with van der Waals surface area (Å²) in [5.74, 6) is -6.53. The van der Waals surface area contributed by atoms with Crippen molar-refractivity contribution in [2.24, 2.45) is 17.4 Å². The number of primary amides is 1. The van der Waals surface area contributed by atoms with E-state index in [0.717, 1.165) is 0 Å². The molecule has 0 saturated carbocycles. The Morgan fingerprint density at radius 3 is 1.86 bits per heavy atom. The summed E-state index contributed by atoms with van der Waals surface area (Å²) >= 11 is 0. The molecule has 0 saturated heterocycles. The van der Waals surface area contributed by atoms with E-state index in [0.29, 0.717) is 5.56 Å². The second-order valence-electron chi connectivity index (χ2n) is 8.58. The van der Waals surface area contributed by atoms with Gasteiger partial charge in [0.2, 0.25) is 23.6 Å². The van der Waals surface area contributed by atoms with Crippen LogP contribution in [0.4, 0.5) is 0 Å². The number of carbonyl (C=O) groups is 6. The summed E-state index contributed by atoms with van der Waals surface area (Å²) in [5.41, 5.74) is 11.5. The number of hydrogen-bond donors (Lipinski definition) is 7. The lowest BCUT2D eigenvalue weighted by atomic mass is 10.0. The van der Waals surface area contributed by atoms with E-state index < -0.39 is 66.2 Å². The summed E-state index contributed by atoms with van der Waals surface area (Å²) in [6.45, 7) is 3.32. The van der Waals surface area contributed by atoms with Gasteiger partial charge >= 0.3 is 11.9 Å². The third kappa shape index (κ3) is 10.5. The summed E-state index contributed by atoms with van der Waals surface area (Å²) in [6, 6.07) is 3.11. The van der Waals surface area contributed by atoms with Crippen LogP contribution in [0.3, 0.4) is 0 Å². The fourth-order valence-corrected chi connectivity index (χ4v) is 3.10. The maximum atomic E-state index is 12.9. The lowest BCUT2D eigenvalue weighted by Gasteiger charge is -2.25. The van der Waals surface area contributed by atoms with Gasteiger partial charge in [0.25, 0.3) is 0 Å². The number of hydrogen-bond acceptors (Lipinski definition) is 7. The number of carbonyl (C=O) groups excluding carboxylic acids is 4. The maximum absolute atomic E-state index is 12.9. The highest BCUT2D eigenvalue weighted by Crippen LogP contribution is 2.07. The second-order valence-corrected chi connectivity index (χ2v) is 8.58. The first-order chi connectivity index (χ1) is 16.8. The smallest absolute Gasteiger partial charge is 0.326 e. The Morgan fingerprint density at radius 1 is 0.833 bits per heavy atom. The normalized spacial score (nSPS) is 14.1. The van der Waals surface area contributed by atoms with Crippen molar-refractivity contribution >= 4 is 35.6 Å². The minimum Gasteiger partial charge on any atom is -0.481 e. The van der Waals surface area contributed by atoms with E-state index in [1.807, 2.05) is 0 Å². The number of rotatable bonds is 15. The molecule has 0 radical (unpaired) electrons. The van der Waals surface area contributed by atoms with Crippen LogP contribution in [0.2, 0.25) is 0 Å². The van der Waals surface area contributed by atoms with Gasteiger partial charge in [-0.05, 0) is 17.9 Å². The minimum atomic E-state index is -1.58. The summed E-state index contributed by atoms with van der Waals surface area (Å²) in [7, 11) is 0. The molecular formula is C23H33N5O8. The molecule has 0 aromatic heterocycles. The number of benzene rings is 1. The molecule has 0 spiro atoms. The molecule has 0 heterocycles. The van der Waals surface area contributed by atoms with Crippen LogP contribution >= 0.6 is 0 Å². The molecular weight excluding hydrogens is 474 g/mol. The van der Waals surface area contributed by atoms with Crippen molar-refractivity contribution in [2.75, 3.05) is 0 Å². The molecule has 13 heteroatoms. The Bertz CT molecular complexity index is 953. The third-order valence-electron chi connectivity index (χ3n) is 5.24. The number of amides is 4. The number of carboxylic acids is 2. The van der Waals surface area contributed by atoms with Gasteiger partial charge in [-0.25, -0.2) is 4.79 Å². The van der Waals surface area contributed by atoms with E-state index in [-0.39, 0.29) is 25.2 Å². The highest BCUT2D eigenvalue weighted by molar-refractivity contribution is 5.95. The average molecular weight is 508 g/mol. The van der Waals surface area contributed by atoms with Gasteiger partial charge in [-0.3, -0.25) is 24.0 Å². The third-order valence-corrected chi connectivity index (χ3v) is 5.24. The zero-order valence-corrected chi connectivity index (χ0v) is 20.1. The van der Waals surface area contributed by atoms with Crippen molar-refractivity contribution in [1.29, 1.82) is 0 Å². The van der Waals surface area contributed by atoms with Crippen LogP contribution < -0.4 is 27.4 Å². The number of carboxylic acid groups (broad SMARTS) is 2. The topological polar surface area (TPSA) is 231 Å². The largest absolute Gasteiger partial charge is 0.481 e. The zero-order chi connectivity index (χ0) is 27.4. The van der Waals surface area contributed by atoms with Crippen molar-refractivity contribution in [3.63, 3.8) is 0 Å². The molecule has 0 bridgehead atoms. The molecule has 198 valence electrons. The second kappa shape index (κ2) is 14.4. The van der Waals surface area contributed by atoms with E-state index in [9.17, 15) is 33.9 Å². The van der Waals surface area contributed by atoms with Crippen LogP contribution in [0.1, 0.15) is 38.7 Å². The summed E-state index contributed by atoms with van der Waals surface area (Å²) in [4.78, 5) is 72.3. The molecule has 4 amide bonds. The monoisotopic (exact) mass is 507 g/mol. The molecule has 13 nitrogen and oxygen atoms in total. The van der Waals surface area contributed by atoms with Gasteiger partial charge in [0, 0.05) is 12.8 Å². The maximum Gasteiger partial charge on any atom is 0.326 e. The number of nitrogens with two attached hydrogens (primary N) is 2. The quantitative estimate of drug-likeness (QED) is 0.146. The summed E-state index contributed by atoms with van der Waals surface area (Å²) in [6.07, 6.45) is -1.48. The van der Waals surface area contributed by atoms with Gasteiger partial charge in [0.15, 0.2) is 0 Å². The Hall–Kier alpha value is -4.00. The van der Waals surface area contributed by atoms with Gasteiger partial charge in [0.1, 0.15) is 18.1 Å². The first-order valence-corrected chi connectivity index (χ1v) is 11.2. The van der Waals surface area contributed by atoms with Gasteiger partial charge < -0.3 is 37.6 Å². The predicted octanol–water partition coefficient (Wildman–Crippen LogP) is -1.51. The number of nitrogens with one attached hydrogen (secondary N) is 3. The first-order valence-electron chi connectivity index (χ1n) is 11.2. The number of aliphatic carboxylic acids is 2. The van der Waals surface area contributed by atoms with E-state index >= 15 is 0 Å². The van der Waals surface area contributed by atoms with Gasteiger partial charge in [-0.2, -0.15) is 0 Å². The molecule has 1 aromatic carbocycles. The fraction of sp³-hybridized carbons (Fsp3) is 0.478. The summed E-state index contributed by atoms with van der Waals surface area (Å²) < 4.78 is 0. The molecule has 0 fully saturated rings.